The lowest BCUT2D eigenvalue weighted by Crippen LogP contribution is -2.37. The highest BCUT2D eigenvalue weighted by atomic mass is 19.1. The van der Waals surface area contributed by atoms with Crippen molar-refractivity contribution < 1.29 is 28.1 Å². The molecule has 6 heterocycles. The summed E-state index contributed by atoms with van der Waals surface area (Å²) in [5, 5.41) is 24.7. The second-order valence-electron chi connectivity index (χ2n) is 15.3. The van der Waals surface area contributed by atoms with Crippen molar-refractivity contribution in [2.24, 2.45) is 10.2 Å². The number of ether oxygens (including phenoxy) is 3. The Bertz CT molecular complexity index is 2610. The maximum Gasteiger partial charge on any atom is 0.245 e. The van der Waals surface area contributed by atoms with Crippen molar-refractivity contribution >= 4 is 70.1 Å². The average Bonchev–Trinajstić information content (AvgIpc) is 3.34. The predicted octanol–water partition coefficient (Wildman–Crippen LogP) is 5.92. The number of nitrogens with one attached hydrogen (secondary N) is 4. The summed E-state index contributed by atoms with van der Waals surface area (Å²) in [6.07, 6.45) is 8.68. The summed E-state index contributed by atoms with van der Waals surface area (Å²) >= 11 is 0. The molecule has 0 amide bonds. The van der Waals surface area contributed by atoms with E-state index >= 15 is 0 Å². The summed E-state index contributed by atoms with van der Waals surface area (Å²) in [7, 11) is 9.40. The molecule has 0 unspecified atom stereocenters. The van der Waals surface area contributed by atoms with Gasteiger partial charge in [-0.05, 0) is 36.4 Å². The third kappa shape index (κ3) is 13.5. The summed E-state index contributed by atoms with van der Waals surface area (Å²) in [5.41, 5.74) is 11.8. The fraction of sp³-hybridized carbons (Fsp3) is 0.289. The molecule has 2 fully saturated rings. The number of hydrogen-bond donors (Lipinski definition) is 5. The fourth-order valence-corrected chi connectivity index (χ4v) is 6.53. The van der Waals surface area contributed by atoms with Crippen molar-refractivity contribution in [3.8, 4) is 11.5 Å². The van der Waals surface area contributed by atoms with Gasteiger partial charge in [0, 0.05) is 101 Å². The van der Waals surface area contributed by atoms with E-state index in [1.54, 1.807) is 43.9 Å². The monoisotopic (exact) mass is 918 g/mol. The van der Waals surface area contributed by atoms with E-state index in [1.165, 1.54) is 6.21 Å². The number of pyridine rings is 2. The Morgan fingerprint density at radius 2 is 1.07 bits per heavy atom. The van der Waals surface area contributed by atoms with Crippen molar-refractivity contribution in [1.29, 1.82) is 0 Å². The number of morpholine rings is 2. The zero-order valence-electron chi connectivity index (χ0n) is 37.7. The van der Waals surface area contributed by atoms with Gasteiger partial charge in [-0.15, -0.1) is 0 Å². The van der Waals surface area contributed by atoms with Gasteiger partial charge in [0.25, 0.3) is 0 Å². The van der Waals surface area contributed by atoms with Crippen molar-refractivity contribution in [3.05, 3.63) is 108 Å². The number of phenols is 1. The molecule has 2 aromatic carbocycles. The Kier molecular flexibility index (Phi) is 16.0. The van der Waals surface area contributed by atoms with Gasteiger partial charge < -0.3 is 49.6 Å². The fourth-order valence-electron chi connectivity index (χ4n) is 6.53. The molecule has 2 aliphatic rings. The summed E-state index contributed by atoms with van der Waals surface area (Å²) in [4.78, 5) is 32.6. The number of hydrogen-bond acceptors (Lipinski definition) is 20. The number of methoxy groups -OCH3 is 1. The maximum atomic E-state index is 14.1. The van der Waals surface area contributed by atoms with E-state index in [9.17, 15) is 13.9 Å². The Labute approximate surface area is 386 Å². The quantitative estimate of drug-likeness (QED) is 0.0598. The number of aromatic nitrogens is 6. The summed E-state index contributed by atoms with van der Waals surface area (Å²) < 4.78 is 44.2. The molecule has 2 aliphatic heterocycles. The molecule has 5 N–H and O–H groups in total. The Balaban J connectivity index is 0.000000199. The molecule has 2 saturated heterocycles. The topological polar surface area (TPSA) is 211 Å². The van der Waals surface area contributed by atoms with Crippen LogP contribution in [0.3, 0.4) is 0 Å². The number of rotatable bonds is 15. The maximum absolute atomic E-state index is 14.1. The largest absolute Gasteiger partial charge is 0.508 e. The van der Waals surface area contributed by atoms with Gasteiger partial charge in [-0.3, -0.25) is 9.97 Å². The zero-order chi connectivity index (χ0) is 47.1. The molecule has 67 heavy (non-hydrogen) atoms. The molecule has 20 nitrogen and oxygen atoms in total. The molecular formula is C45H52F2N16O4. The minimum atomic E-state index is -0.486. The Morgan fingerprint density at radius 1 is 0.612 bits per heavy atom. The molecule has 6 aromatic rings. The van der Waals surface area contributed by atoms with Crippen LogP contribution in [0.15, 0.2) is 95.7 Å². The van der Waals surface area contributed by atoms with Crippen LogP contribution in [-0.2, 0) is 9.47 Å². The summed E-state index contributed by atoms with van der Waals surface area (Å²) in [6, 6.07) is 18.5. The van der Waals surface area contributed by atoms with Crippen LogP contribution in [0, 0.1) is 11.6 Å². The van der Waals surface area contributed by atoms with E-state index in [0.29, 0.717) is 64.0 Å². The van der Waals surface area contributed by atoms with Crippen molar-refractivity contribution in [2.75, 3.05) is 129 Å². The van der Waals surface area contributed by atoms with Crippen LogP contribution < -0.4 is 45.8 Å². The Hall–Kier alpha value is -7.98. The van der Waals surface area contributed by atoms with Crippen molar-refractivity contribution in [2.45, 2.75) is 0 Å². The first-order valence-electron chi connectivity index (χ1n) is 21.1. The summed E-state index contributed by atoms with van der Waals surface area (Å²) in [5.74, 6) is 0.821. The van der Waals surface area contributed by atoms with Crippen LogP contribution in [0.4, 0.5) is 66.4 Å². The van der Waals surface area contributed by atoms with E-state index < -0.39 is 11.6 Å². The van der Waals surface area contributed by atoms with E-state index in [1.807, 2.05) is 90.3 Å². The van der Waals surface area contributed by atoms with Gasteiger partial charge in [0.2, 0.25) is 11.9 Å². The second kappa shape index (κ2) is 22.8. The van der Waals surface area contributed by atoms with Crippen LogP contribution >= 0.6 is 0 Å². The zero-order valence-corrected chi connectivity index (χ0v) is 37.7. The van der Waals surface area contributed by atoms with Gasteiger partial charge in [-0.2, -0.15) is 20.2 Å². The minimum Gasteiger partial charge on any atom is -0.508 e. The normalized spacial score (nSPS) is 13.8. The number of anilines is 10. The van der Waals surface area contributed by atoms with Gasteiger partial charge in [-0.25, -0.2) is 29.6 Å². The predicted molar refractivity (Wildman–Crippen MR) is 257 cm³/mol. The molecule has 0 aliphatic carbocycles. The van der Waals surface area contributed by atoms with Gasteiger partial charge in [0.15, 0.2) is 23.3 Å². The number of hydrazone groups is 2. The van der Waals surface area contributed by atoms with Crippen LogP contribution in [0.1, 0.15) is 11.4 Å². The van der Waals surface area contributed by atoms with Crippen molar-refractivity contribution in [1.82, 2.24) is 29.9 Å². The lowest BCUT2D eigenvalue weighted by molar-refractivity contribution is 0.122. The van der Waals surface area contributed by atoms with Gasteiger partial charge in [-0.1, -0.05) is 0 Å². The lowest BCUT2D eigenvalue weighted by atomic mass is 10.2. The van der Waals surface area contributed by atoms with E-state index in [2.05, 4.69) is 61.6 Å². The van der Waals surface area contributed by atoms with E-state index in [0.717, 1.165) is 52.3 Å². The van der Waals surface area contributed by atoms with Crippen LogP contribution in [-0.4, -0.2) is 135 Å². The number of phenolic OH excluding ortho intramolecular Hbond substituents is 1. The number of nitrogens with zero attached hydrogens (tertiary/aromatic N) is 12. The third-order valence-electron chi connectivity index (χ3n) is 10.0. The van der Waals surface area contributed by atoms with Crippen LogP contribution in [0.2, 0.25) is 0 Å². The average molecular weight is 919 g/mol. The Morgan fingerprint density at radius 3 is 1.51 bits per heavy atom. The highest BCUT2D eigenvalue weighted by molar-refractivity contribution is 5.79. The molecule has 22 heteroatoms. The van der Waals surface area contributed by atoms with Gasteiger partial charge in [0.05, 0.1) is 93.5 Å². The first-order chi connectivity index (χ1) is 32.5. The standard InChI is InChI=1S/C23H27FN8O2.C22H25FN8O2/c1-31(2)19-10-18(11-20(12-19)33-3)28-17-5-4-16(25-13-17)14-27-30-23-26-15-21(24)22(29-23)32-6-8-34-9-7-32;1-30(2)18-9-17(10-19(32)11-18)27-16-4-3-15(24-12-16)13-26-29-22-25-14-20(23)21(28-22)31-5-7-33-8-6-31/h4-5,10-15,28H,6-9H2,1-3H3,(H,26,29,30);3-4,9-14,27,32H,5-8H2,1-2H3,(H,25,28,29)/b27-14-;26-13+. The summed E-state index contributed by atoms with van der Waals surface area (Å²) in [6.45, 7) is 4.43. The molecule has 0 spiro atoms. The highest BCUT2D eigenvalue weighted by Crippen LogP contribution is 2.29. The molecule has 0 atom stereocenters. The SMILES string of the molecule is CN(C)c1cc(O)cc(Nc2ccc(/C=N/Nc3ncc(F)c(N4CCOCC4)n3)nc2)c1.COc1cc(Nc2ccc(/C=N\Nc3ncc(F)c(N4CCOCC4)n3)nc2)cc(N(C)C)c1. The van der Waals surface area contributed by atoms with Crippen LogP contribution in [0.25, 0.3) is 0 Å². The van der Waals surface area contributed by atoms with Crippen LogP contribution in [0.5, 0.6) is 11.5 Å². The number of halogens is 2. The van der Waals surface area contributed by atoms with E-state index in [-0.39, 0.29) is 29.3 Å². The number of benzene rings is 2. The smallest absolute Gasteiger partial charge is 0.245 e. The molecule has 350 valence electrons. The molecular weight excluding hydrogens is 867 g/mol. The highest BCUT2D eigenvalue weighted by Gasteiger charge is 2.19. The minimum absolute atomic E-state index is 0.172. The molecule has 0 radical (unpaired) electrons. The molecule has 8 rings (SSSR count). The number of aromatic hydroxyl groups is 1. The molecule has 4 aromatic heterocycles. The van der Waals surface area contributed by atoms with Gasteiger partial charge >= 0.3 is 0 Å². The molecule has 0 bridgehead atoms. The van der Waals surface area contributed by atoms with E-state index in [4.69, 9.17) is 14.2 Å². The lowest BCUT2D eigenvalue weighted by Gasteiger charge is -2.27. The molecule has 0 saturated carbocycles. The third-order valence-corrected chi connectivity index (χ3v) is 10.0. The first-order valence-corrected chi connectivity index (χ1v) is 21.1. The second-order valence-corrected chi connectivity index (χ2v) is 15.3. The van der Waals surface area contributed by atoms with Crippen molar-refractivity contribution in [3.63, 3.8) is 0 Å². The van der Waals surface area contributed by atoms with Gasteiger partial charge in [0.1, 0.15) is 11.5 Å². The first kappa shape index (κ1) is 47.0.